The molecule has 13 N–H and O–H groups in total. The van der Waals surface area contributed by atoms with E-state index in [1.54, 1.807) is 30.3 Å². The number of carbonyl (C=O) groups excluding carboxylic acids is 3. The number of benzene rings is 1. The van der Waals surface area contributed by atoms with Gasteiger partial charge in [0.15, 0.2) is 5.96 Å². The first-order valence-electron chi connectivity index (χ1n) is 12.8. The maximum atomic E-state index is 13.3. The summed E-state index contributed by atoms with van der Waals surface area (Å²) in [6.45, 7) is 1.92. The van der Waals surface area contributed by atoms with Gasteiger partial charge in [-0.2, -0.15) is 0 Å². The highest BCUT2D eigenvalue weighted by Crippen LogP contribution is 2.08. The molecule has 5 unspecified atom stereocenters. The molecule has 1 rings (SSSR count). The van der Waals surface area contributed by atoms with Gasteiger partial charge in [-0.3, -0.25) is 19.4 Å². The number of amides is 3. The number of guanidine groups is 1. The molecule has 0 aliphatic rings. The van der Waals surface area contributed by atoms with E-state index in [1.807, 2.05) is 0 Å². The van der Waals surface area contributed by atoms with Crippen LogP contribution in [0.5, 0.6) is 0 Å². The van der Waals surface area contributed by atoms with Crippen molar-refractivity contribution in [2.45, 2.75) is 75.7 Å². The zero-order valence-corrected chi connectivity index (χ0v) is 22.2. The lowest BCUT2D eigenvalue weighted by molar-refractivity contribution is -0.142. The molecule has 5 atom stereocenters. The van der Waals surface area contributed by atoms with Gasteiger partial charge in [-0.1, -0.05) is 30.3 Å². The molecule has 0 aromatic heterocycles. The number of nitrogens with one attached hydrogen (secondary N) is 3. The monoisotopic (exact) mass is 550 g/mol. The fraction of sp³-hybridized carbons (Fsp3) is 0.560. The fourth-order valence-corrected chi connectivity index (χ4v) is 3.61. The third kappa shape index (κ3) is 13.0. The van der Waals surface area contributed by atoms with E-state index in [0.29, 0.717) is 25.8 Å². The zero-order chi connectivity index (χ0) is 29.4. The van der Waals surface area contributed by atoms with Crippen molar-refractivity contribution >= 4 is 29.7 Å². The van der Waals surface area contributed by atoms with Crippen LogP contribution in [0.1, 0.15) is 44.6 Å². The van der Waals surface area contributed by atoms with Crippen LogP contribution in [0.25, 0.3) is 0 Å². The lowest BCUT2D eigenvalue weighted by atomic mass is 10.0. The smallest absolute Gasteiger partial charge is 0.326 e. The second-order valence-electron chi connectivity index (χ2n) is 9.21. The molecular formula is C25H42N8O6. The van der Waals surface area contributed by atoms with Crippen molar-refractivity contribution in [3.63, 3.8) is 0 Å². The van der Waals surface area contributed by atoms with Crippen LogP contribution in [0.15, 0.2) is 35.3 Å². The summed E-state index contributed by atoms with van der Waals surface area (Å²) >= 11 is 0. The Morgan fingerprint density at radius 2 is 1.44 bits per heavy atom. The van der Waals surface area contributed by atoms with Crippen molar-refractivity contribution in [1.82, 2.24) is 16.0 Å². The first-order valence-corrected chi connectivity index (χ1v) is 12.8. The molecule has 3 amide bonds. The van der Waals surface area contributed by atoms with Gasteiger partial charge in [0.1, 0.15) is 24.2 Å². The van der Waals surface area contributed by atoms with E-state index in [9.17, 15) is 29.4 Å². The van der Waals surface area contributed by atoms with Crippen molar-refractivity contribution in [3.05, 3.63) is 35.9 Å². The summed E-state index contributed by atoms with van der Waals surface area (Å²) in [4.78, 5) is 54.5. The summed E-state index contributed by atoms with van der Waals surface area (Å²) in [5, 5.41) is 26.9. The van der Waals surface area contributed by atoms with Gasteiger partial charge in [-0.15, -0.1) is 0 Å². The Kier molecular flexibility index (Phi) is 15.1. The van der Waals surface area contributed by atoms with E-state index in [0.717, 1.165) is 5.56 Å². The molecule has 0 spiro atoms. The van der Waals surface area contributed by atoms with Crippen LogP contribution < -0.4 is 38.9 Å². The molecule has 0 bridgehead atoms. The summed E-state index contributed by atoms with van der Waals surface area (Å²) in [6, 6.07) is 4.14. The van der Waals surface area contributed by atoms with Crippen LogP contribution in [-0.4, -0.2) is 83.2 Å². The van der Waals surface area contributed by atoms with Crippen LogP contribution in [0.4, 0.5) is 0 Å². The van der Waals surface area contributed by atoms with E-state index < -0.39 is 54.0 Å². The van der Waals surface area contributed by atoms with Gasteiger partial charge in [0, 0.05) is 13.0 Å². The fourth-order valence-electron chi connectivity index (χ4n) is 3.61. The summed E-state index contributed by atoms with van der Waals surface area (Å²) in [6.07, 6.45) is 0.581. The maximum absolute atomic E-state index is 13.3. The van der Waals surface area contributed by atoms with E-state index >= 15 is 0 Å². The van der Waals surface area contributed by atoms with Crippen LogP contribution in [-0.2, 0) is 25.6 Å². The third-order valence-electron chi connectivity index (χ3n) is 5.88. The molecule has 14 heteroatoms. The number of aliphatic carboxylic acids is 1. The number of carboxylic acid groups (broad SMARTS) is 1. The van der Waals surface area contributed by atoms with Crippen molar-refractivity contribution < 1.29 is 29.4 Å². The molecule has 0 aliphatic carbocycles. The number of nitrogens with zero attached hydrogens (tertiary/aromatic N) is 1. The highest BCUT2D eigenvalue weighted by Gasteiger charge is 2.31. The number of rotatable bonds is 18. The van der Waals surface area contributed by atoms with Crippen LogP contribution in [0.2, 0.25) is 0 Å². The van der Waals surface area contributed by atoms with Crippen molar-refractivity contribution in [2.75, 3.05) is 13.1 Å². The predicted octanol–water partition coefficient (Wildman–Crippen LogP) is -2.34. The summed E-state index contributed by atoms with van der Waals surface area (Å²) in [7, 11) is 0. The molecule has 39 heavy (non-hydrogen) atoms. The van der Waals surface area contributed by atoms with E-state index in [1.165, 1.54) is 6.92 Å². The minimum absolute atomic E-state index is 0.0544. The molecule has 0 radical (unpaired) electrons. The molecule has 0 aliphatic heterocycles. The number of aliphatic hydroxyl groups excluding tert-OH is 1. The topological polar surface area (TPSA) is 261 Å². The molecule has 1 aromatic carbocycles. The summed E-state index contributed by atoms with van der Waals surface area (Å²) in [5.41, 5.74) is 22.5. The molecule has 14 nitrogen and oxygen atoms in total. The molecule has 1 aromatic rings. The number of unbranched alkanes of at least 4 members (excludes halogenated alkanes) is 1. The highest BCUT2D eigenvalue weighted by atomic mass is 16.4. The van der Waals surface area contributed by atoms with Crippen LogP contribution >= 0.6 is 0 Å². The first kappa shape index (κ1) is 33.3. The third-order valence-corrected chi connectivity index (χ3v) is 5.88. The van der Waals surface area contributed by atoms with Crippen LogP contribution in [0.3, 0.4) is 0 Å². The zero-order valence-electron chi connectivity index (χ0n) is 22.2. The van der Waals surface area contributed by atoms with E-state index in [2.05, 4.69) is 20.9 Å². The van der Waals surface area contributed by atoms with E-state index in [4.69, 9.17) is 22.9 Å². The van der Waals surface area contributed by atoms with Gasteiger partial charge < -0.3 is 49.1 Å². The normalized spacial score (nSPS) is 14.7. The SMILES string of the molecule is CC(O)C(N)C(=O)NC(CCCCN)C(=O)NC(Cc1ccccc1)C(=O)NC(CCCN=C(N)N)C(=O)O. The number of carboxylic acids is 1. The molecular weight excluding hydrogens is 508 g/mol. The molecule has 0 heterocycles. The Bertz CT molecular complexity index is 955. The Hall–Kier alpha value is -3.75. The second-order valence-corrected chi connectivity index (χ2v) is 9.21. The van der Waals surface area contributed by atoms with Crippen LogP contribution in [0, 0.1) is 0 Å². The van der Waals surface area contributed by atoms with Gasteiger partial charge in [-0.25, -0.2) is 4.79 Å². The number of aliphatic hydroxyl groups is 1. The average Bonchev–Trinajstić information content (AvgIpc) is 2.88. The Balaban J connectivity index is 3.09. The standard InChI is InChI=1S/C25H42N8O6/c1-15(34)20(27)23(37)31-17(10-5-6-12-26)21(35)33-19(14-16-8-3-2-4-9-16)22(36)32-18(24(38)39)11-7-13-30-25(28)29/h2-4,8-9,15,17-20,34H,5-7,10-14,26-27H2,1H3,(H,31,37)(H,32,36)(H,33,35)(H,38,39)(H4,28,29,30). The Labute approximate surface area is 228 Å². The lowest BCUT2D eigenvalue weighted by Gasteiger charge is -2.26. The van der Waals surface area contributed by atoms with Gasteiger partial charge >= 0.3 is 5.97 Å². The quantitative estimate of drug-likeness (QED) is 0.0534. The number of nitrogens with two attached hydrogens (primary N) is 4. The van der Waals surface area contributed by atoms with Gasteiger partial charge in [0.2, 0.25) is 17.7 Å². The Morgan fingerprint density at radius 1 is 0.872 bits per heavy atom. The Morgan fingerprint density at radius 3 is 2.00 bits per heavy atom. The van der Waals surface area contributed by atoms with Crippen molar-refractivity contribution in [2.24, 2.45) is 27.9 Å². The largest absolute Gasteiger partial charge is 0.480 e. The van der Waals surface area contributed by atoms with Gasteiger partial charge in [0.25, 0.3) is 0 Å². The minimum atomic E-state index is -1.26. The maximum Gasteiger partial charge on any atom is 0.326 e. The number of carbonyl (C=O) groups is 4. The lowest BCUT2D eigenvalue weighted by Crippen LogP contribution is -2.58. The van der Waals surface area contributed by atoms with Crippen molar-refractivity contribution in [3.8, 4) is 0 Å². The minimum Gasteiger partial charge on any atom is -0.480 e. The van der Waals surface area contributed by atoms with Crippen molar-refractivity contribution in [1.29, 1.82) is 0 Å². The number of hydrogen-bond acceptors (Lipinski definition) is 8. The summed E-state index contributed by atoms with van der Waals surface area (Å²) < 4.78 is 0. The predicted molar refractivity (Wildman–Crippen MR) is 146 cm³/mol. The number of hydrogen-bond donors (Lipinski definition) is 9. The first-order chi connectivity index (χ1) is 18.5. The molecule has 0 saturated carbocycles. The highest BCUT2D eigenvalue weighted by molar-refractivity contribution is 5.94. The average molecular weight is 551 g/mol. The van der Waals surface area contributed by atoms with Gasteiger partial charge in [-0.05, 0) is 51.1 Å². The van der Waals surface area contributed by atoms with Gasteiger partial charge in [0.05, 0.1) is 6.10 Å². The molecule has 0 saturated heterocycles. The summed E-state index contributed by atoms with van der Waals surface area (Å²) in [5.74, 6) is -3.48. The second kappa shape index (κ2) is 17.7. The molecule has 218 valence electrons. The van der Waals surface area contributed by atoms with E-state index in [-0.39, 0.29) is 31.8 Å². The molecule has 0 fully saturated rings. The number of aliphatic imine (C=N–C) groups is 1.